The van der Waals surface area contributed by atoms with Crippen LogP contribution in [0.1, 0.15) is 71.9 Å². The van der Waals surface area contributed by atoms with Crippen LogP contribution < -0.4 is 15.8 Å². The van der Waals surface area contributed by atoms with E-state index in [9.17, 15) is 9.59 Å². The van der Waals surface area contributed by atoms with Crippen molar-refractivity contribution >= 4 is 17.8 Å². The number of nitrogens with zero attached hydrogens (tertiary/aromatic N) is 2. The van der Waals surface area contributed by atoms with Crippen LogP contribution in [-0.4, -0.2) is 53.6 Å². The molecule has 1 aromatic carbocycles. The van der Waals surface area contributed by atoms with Crippen molar-refractivity contribution in [2.75, 3.05) is 13.7 Å². The van der Waals surface area contributed by atoms with E-state index in [4.69, 9.17) is 15.2 Å². The Morgan fingerprint density at radius 1 is 1.31 bits per heavy atom. The number of methoxy groups -OCH3 is 1. The third-order valence-electron chi connectivity index (χ3n) is 7.92. The van der Waals surface area contributed by atoms with Gasteiger partial charge in [-0.05, 0) is 51.5 Å². The topological polar surface area (TPSA) is 106 Å². The molecule has 2 amide bonds. The minimum absolute atomic E-state index is 0.0190. The van der Waals surface area contributed by atoms with Crippen molar-refractivity contribution in [2.24, 2.45) is 28.5 Å². The molecule has 192 valence electrons. The molecule has 1 aliphatic carbocycles. The predicted molar refractivity (Wildman–Crippen MR) is 135 cm³/mol. The summed E-state index contributed by atoms with van der Waals surface area (Å²) in [6.07, 6.45) is 2.33. The van der Waals surface area contributed by atoms with Gasteiger partial charge in [-0.25, -0.2) is 4.99 Å². The number of nitrogens with one attached hydrogen (secondary N) is 1. The van der Waals surface area contributed by atoms with Crippen LogP contribution >= 0.6 is 0 Å². The lowest BCUT2D eigenvalue weighted by atomic mass is 9.81. The smallest absolute Gasteiger partial charge is 0.231 e. The third kappa shape index (κ3) is 5.17. The molecule has 3 N–H and O–H groups in total. The molecule has 1 saturated carbocycles. The lowest BCUT2D eigenvalue weighted by molar-refractivity contribution is -0.132. The molecule has 0 spiro atoms. The zero-order valence-electron chi connectivity index (χ0n) is 21.8. The lowest BCUT2D eigenvalue weighted by Gasteiger charge is -2.43. The van der Waals surface area contributed by atoms with Crippen LogP contribution in [0.2, 0.25) is 0 Å². The Kier molecular flexibility index (Phi) is 6.88. The zero-order valence-corrected chi connectivity index (χ0v) is 21.8. The van der Waals surface area contributed by atoms with Crippen molar-refractivity contribution < 1.29 is 19.1 Å². The second-order valence-electron chi connectivity index (χ2n) is 11.5. The van der Waals surface area contributed by atoms with Crippen LogP contribution in [0.5, 0.6) is 5.75 Å². The Balaban J connectivity index is 1.51. The fourth-order valence-electron chi connectivity index (χ4n) is 5.49. The number of rotatable bonds is 8. The number of hydrogen-bond acceptors (Lipinski definition) is 6. The van der Waals surface area contributed by atoms with E-state index in [1.807, 2.05) is 38.1 Å². The summed E-state index contributed by atoms with van der Waals surface area (Å²) in [7, 11) is 1.64. The molecular formula is C27H40N4O4. The number of hydrogen-bond donors (Lipinski definition) is 2. The summed E-state index contributed by atoms with van der Waals surface area (Å²) in [5.41, 5.74) is 6.40. The van der Waals surface area contributed by atoms with E-state index in [2.05, 4.69) is 31.1 Å². The summed E-state index contributed by atoms with van der Waals surface area (Å²) in [5.74, 6) is 1.19. The Morgan fingerprint density at radius 2 is 2.03 bits per heavy atom. The van der Waals surface area contributed by atoms with Gasteiger partial charge in [0.2, 0.25) is 11.8 Å². The van der Waals surface area contributed by atoms with Crippen molar-refractivity contribution in [3.8, 4) is 5.75 Å². The van der Waals surface area contributed by atoms with Crippen molar-refractivity contribution in [1.82, 2.24) is 10.2 Å². The van der Waals surface area contributed by atoms with Gasteiger partial charge in [-0.15, -0.1) is 0 Å². The highest BCUT2D eigenvalue weighted by Crippen LogP contribution is 2.47. The molecule has 5 atom stereocenters. The Hall–Kier alpha value is -2.61. The summed E-state index contributed by atoms with van der Waals surface area (Å²) >= 11 is 0. The molecule has 2 aliphatic heterocycles. The molecule has 2 unspecified atom stereocenters. The molecule has 1 aromatic rings. The maximum absolute atomic E-state index is 13.5. The van der Waals surface area contributed by atoms with Gasteiger partial charge in [0.05, 0.1) is 18.0 Å². The summed E-state index contributed by atoms with van der Waals surface area (Å²) in [6.45, 7) is 10.7. The third-order valence-corrected chi connectivity index (χ3v) is 7.92. The van der Waals surface area contributed by atoms with Crippen LogP contribution in [0.25, 0.3) is 0 Å². The Labute approximate surface area is 208 Å². The van der Waals surface area contributed by atoms with Crippen molar-refractivity contribution in [3.63, 3.8) is 0 Å². The maximum Gasteiger partial charge on any atom is 0.231 e. The summed E-state index contributed by atoms with van der Waals surface area (Å²) in [5, 5.41) is 3.31. The predicted octanol–water partition coefficient (Wildman–Crippen LogP) is 3.41. The SMILES string of the molecule is COCC[C@@H]([C@@H]1C[C@H]1C(=O)NC1CC(C)(C(C)C)Oc2ccccc21)N1C(=O)CC(C)(C)N=C1N. The Bertz CT molecular complexity index is 1010. The molecule has 0 saturated heterocycles. The standard InChI is InChI=1S/C27H40N4O4/c1-16(2)27(5)14-20(17-9-7-8-10-22(17)35-27)29-24(33)19-13-18(19)21(11-12-34-6)31-23(32)15-26(3,4)30-25(31)28/h7-10,16,18-21H,11-15H2,1-6H3,(H2,28,30)(H,29,33)/t18-,19-,20?,21+,27?/m1/s1. The van der Waals surface area contributed by atoms with E-state index in [0.717, 1.165) is 11.3 Å². The average Bonchev–Trinajstić information content (AvgIpc) is 3.55. The molecule has 0 bridgehead atoms. The van der Waals surface area contributed by atoms with Gasteiger partial charge >= 0.3 is 0 Å². The first-order valence-electron chi connectivity index (χ1n) is 12.7. The molecule has 4 rings (SSSR count). The molecule has 8 heteroatoms. The minimum atomic E-state index is -0.511. The fraction of sp³-hybridized carbons (Fsp3) is 0.667. The number of nitrogens with two attached hydrogens (primary N) is 1. The van der Waals surface area contributed by atoms with E-state index in [0.29, 0.717) is 38.2 Å². The van der Waals surface area contributed by atoms with Crippen molar-refractivity contribution in [2.45, 2.75) is 83.5 Å². The van der Waals surface area contributed by atoms with Crippen LogP contribution in [0.15, 0.2) is 29.3 Å². The quantitative estimate of drug-likeness (QED) is 0.588. The van der Waals surface area contributed by atoms with Crippen LogP contribution in [-0.2, 0) is 14.3 Å². The number of ether oxygens (including phenoxy) is 2. The largest absolute Gasteiger partial charge is 0.487 e. The maximum atomic E-state index is 13.5. The second-order valence-corrected chi connectivity index (χ2v) is 11.5. The fourth-order valence-corrected chi connectivity index (χ4v) is 5.49. The number of para-hydroxylation sites is 1. The average molecular weight is 485 g/mol. The first-order valence-corrected chi connectivity index (χ1v) is 12.7. The zero-order chi connectivity index (χ0) is 25.5. The Morgan fingerprint density at radius 3 is 2.69 bits per heavy atom. The van der Waals surface area contributed by atoms with Crippen LogP contribution in [0, 0.1) is 17.8 Å². The number of amides is 2. The van der Waals surface area contributed by atoms with Gasteiger partial charge in [0.25, 0.3) is 0 Å². The van der Waals surface area contributed by atoms with Crippen molar-refractivity contribution in [3.05, 3.63) is 29.8 Å². The molecule has 0 radical (unpaired) electrons. The van der Waals surface area contributed by atoms with E-state index in [-0.39, 0.29) is 47.3 Å². The van der Waals surface area contributed by atoms with Gasteiger partial charge in [-0.1, -0.05) is 32.0 Å². The van der Waals surface area contributed by atoms with Gasteiger partial charge in [0.15, 0.2) is 5.96 Å². The molecule has 35 heavy (non-hydrogen) atoms. The summed E-state index contributed by atoms with van der Waals surface area (Å²) < 4.78 is 11.7. The normalized spacial score (nSPS) is 30.3. The molecule has 2 heterocycles. The molecular weight excluding hydrogens is 444 g/mol. The number of aliphatic imine (C=N–C) groups is 1. The highest BCUT2D eigenvalue weighted by Gasteiger charge is 2.52. The number of benzene rings is 1. The number of carbonyl (C=O) groups excluding carboxylic acids is 2. The molecule has 1 fully saturated rings. The number of carbonyl (C=O) groups is 2. The van der Waals surface area contributed by atoms with Crippen LogP contribution in [0.3, 0.4) is 0 Å². The van der Waals surface area contributed by atoms with E-state index < -0.39 is 5.54 Å². The van der Waals surface area contributed by atoms with E-state index in [1.165, 1.54) is 0 Å². The van der Waals surface area contributed by atoms with E-state index in [1.54, 1.807) is 12.0 Å². The van der Waals surface area contributed by atoms with Gasteiger partial charge in [-0.3, -0.25) is 14.5 Å². The second kappa shape index (κ2) is 9.45. The summed E-state index contributed by atoms with van der Waals surface area (Å²) in [6, 6.07) is 7.61. The molecule has 0 aromatic heterocycles. The summed E-state index contributed by atoms with van der Waals surface area (Å²) in [4.78, 5) is 32.7. The van der Waals surface area contributed by atoms with Crippen LogP contribution in [0.4, 0.5) is 0 Å². The van der Waals surface area contributed by atoms with E-state index >= 15 is 0 Å². The van der Waals surface area contributed by atoms with Gasteiger partial charge < -0.3 is 20.5 Å². The lowest BCUT2D eigenvalue weighted by Crippen LogP contribution is -2.55. The first kappa shape index (κ1) is 25.5. The molecule has 3 aliphatic rings. The van der Waals surface area contributed by atoms with Gasteiger partial charge in [0.1, 0.15) is 11.4 Å². The minimum Gasteiger partial charge on any atom is -0.487 e. The highest BCUT2D eigenvalue weighted by molar-refractivity contribution is 5.99. The first-order chi connectivity index (χ1) is 16.5. The number of fused-ring (bicyclic) bond motifs is 1. The van der Waals surface area contributed by atoms with Gasteiger partial charge in [0, 0.05) is 37.7 Å². The highest BCUT2D eigenvalue weighted by atomic mass is 16.5. The van der Waals surface area contributed by atoms with Crippen molar-refractivity contribution in [1.29, 1.82) is 0 Å². The number of guanidine groups is 1. The molecule has 8 nitrogen and oxygen atoms in total. The van der Waals surface area contributed by atoms with Gasteiger partial charge in [-0.2, -0.15) is 0 Å². The monoisotopic (exact) mass is 484 g/mol.